The molecule has 10 nitrogen and oxygen atoms in total. The zero-order valence-corrected chi connectivity index (χ0v) is 27.4. The van der Waals surface area contributed by atoms with Crippen molar-refractivity contribution in [3.63, 3.8) is 0 Å². The summed E-state index contributed by atoms with van der Waals surface area (Å²) in [5.74, 6) is 1.13. The van der Waals surface area contributed by atoms with Crippen LogP contribution in [0.25, 0.3) is 11.3 Å². The molecule has 0 aromatic carbocycles. The lowest BCUT2D eigenvalue weighted by molar-refractivity contribution is -0.167. The maximum absolute atomic E-state index is 12.2. The van der Waals surface area contributed by atoms with Crippen LogP contribution in [0.15, 0.2) is 30.5 Å². The van der Waals surface area contributed by atoms with Crippen LogP contribution in [0.4, 0.5) is 11.6 Å². The van der Waals surface area contributed by atoms with Gasteiger partial charge < -0.3 is 30.2 Å². The number of anilines is 2. The molecule has 2 aliphatic rings. The standard InChI is InChI=1S/C33H47ClN6O4/c1-22(19-43-23(2)31(41)44-32(3,4)5)38-24-9-11-25(12-10-24)39-30-17-26(27(34)18-36-30)28-7-6-8-29(40-28)37-21-33(20-35)13-15-42-16-14-33/h6-8,17-18,22-25,38H,9-16,19,21H2,1-5H3,(H,36,39)(H,37,40)/t22?,23-,24-,25-/m1/s1. The largest absolute Gasteiger partial charge is 0.458 e. The van der Waals surface area contributed by atoms with Crippen LogP contribution in [0.1, 0.15) is 73.1 Å². The number of carbonyl (C=O) groups is 1. The van der Waals surface area contributed by atoms with Crippen molar-refractivity contribution in [2.75, 3.05) is 37.0 Å². The van der Waals surface area contributed by atoms with Crippen molar-refractivity contribution in [2.45, 2.75) is 103 Å². The van der Waals surface area contributed by atoms with Gasteiger partial charge in [0.1, 0.15) is 17.2 Å². The number of ether oxygens (including phenoxy) is 3. The molecule has 1 unspecified atom stereocenters. The zero-order chi connectivity index (χ0) is 31.7. The van der Waals surface area contributed by atoms with Gasteiger partial charge in [-0.05, 0) is 91.3 Å². The second-order valence-corrected chi connectivity index (χ2v) is 13.5. The first-order chi connectivity index (χ1) is 20.9. The van der Waals surface area contributed by atoms with Crippen LogP contribution in [0, 0.1) is 16.7 Å². The highest BCUT2D eigenvalue weighted by molar-refractivity contribution is 6.33. The quantitative estimate of drug-likeness (QED) is 0.242. The zero-order valence-electron chi connectivity index (χ0n) is 26.6. The van der Waals surface area contributed by atoms with E-state index in [1.54, 1.807) is 13.1 Å². The Hall–Kier alpha value is -2.97. The molecule has 1 aliphatic carbocycles. The lowest BCUT2D eigenvalue weighted by Crippen LogP contribution is -2.44. The summed E-state index contributed by atoms with van der Waals surface area (Å²) in [6.07, 6.45) is 6.54. The molecule has 2 fully saturated rings. The van der Waals surface area contributed by atoms with E-state index in [0.29, 0.717) is 62.1 Å². The van der Waals surface area contributed by atoms with E-state index in [-0.39, 0.29) is 12.0 Å². The van der Waals surface area contributed by atoms with E-state index in [4.69, 9.17) is 30.8 Å². The summed E-state index contributed by atoms with van der Waals surface area (Å²) < 4.78 is 16.6. The van der Waals surface area contributed by atoms with Crippen molar-refractivity contribution < 1.29 is 19.0 Å². The minimum atomic E-state index is -0.600. The monoisotopic (exact) mass is 626 g/mol. The van der Waals surface area contributed by atoms with E-state index in [1.807, 2.05) is 45.0 Å². The van der Waals surface area contributed by atoms with E-state index in [1.165, 1.54) is 0 Å². The number of rotatable bonds is 12. The smallest absolute Gasteiger partial charge is 0.335 e. The number of hydrogen-bond acceptors (Lipinski definition) is 10. The van der Waals surface area contributed by atoms with Crippen molar-refractivity contribution in [1.29, 1.82) is 5.26 Å². The number of esters is 1. The molecule has 240 valence electrons. The minimum Gasteiger partial charge on any atom is -0.458 e. The minimum absolute atomic E-state index is 0.120. The molecule has 4 rings (SSSR count). The molecule has 1 saturated heterocycles. The number of aromatic nitrogens is 2. The Morgan fingerprint density at radius 3 is 2.55 bits per heavy atom. The highest BCUT2D eigenvalue weighted by atomic mass is 35.5. The topological polar surface area (TPSA) is 130 Å². The lowest BCUT2D eigenvalue weighted by atomic mass is 9.82. The molecule has 3 heterocycles. The fourth-order valence-electron chi connectivity index (χ4n) is 5.55. The van der Waals surface area contributed by atoms with Crippen molar-refractivity contribution in [3.8, 4) is 17.3 Å². The third-order valence-corrected chi connectivity index (χ3v) is 8.41. The summed E-state index contributed by atoms with van der Waals surface area (Å²) in [6, 6.07) is 11.0. The number of hydrogen-bond donors (Lipinski definition) is 3. The van der Waals surface area contributed by atoms with Gasteiger partial charge in [0, 0.05) is 49.6 Å². The third-order valence-electron chi connectivity index (χ3n) is 8.11. The maximum Gasteiger partial charge on any atom is 0.335 e. The van der Waals surface area contributed by atoms with Crippen LogP contribution in [-0.4, -0.2) is 72.1 Å². The van der Waals surface area contributed by atoms with Gasteiger partial charge in [-0.15, -0.1) is 0 Å². The number of nitrogens with one attached hydrogen (secondary N) is 3. The highest BCUT2D eigenvalue weighted by Gasteiger charge is 2.32. The van der Waals surface area contributed by atoms with Crippen LogP contribution < -0.4 is 16.0 Å². The predicted molar refractivity (Wildman–Crippen MR) is 173 cm³/mol. The van der Waals surface area contributed by atoms with E-state index in [2.05, 4.69) is 33.9 Å². The summed E-state index contributed by atoms with van der Waals surface area (Å²) >= 11 is 6.58. The second-order valence-electron chi connectivity index (χ2n) is 13.1. The maximum atomic E-state index is 12.2. The van der Waals surface area contributed by atoms with Crippen LogP contribution in [0.5, 0.6) is 0 Å². The average molecular weight is 627 g/mol. The molecular weight excluding hydrogens is 580 g/mol. The average Bonchev–Trinajstić information content (AvgIpc) is 3.00. The van der Waals surface area contributed by atoms with Gasteiger partial charge in [-0.2, -0.15) is 5.26 Å². The molecule has 0 radical (unpaired) electrons. The Morgan fingerprint density at radius 2 is 1.86 bits per heavy atom. The molecular formula is C33H47ClN6O4. The molecule has 2 aromatic rings. The van der Waals surface area contributed by atoms with Crippen LogP contribution in [0.3, 0.4) is 0 Å². The van der Waals surface area contributed by atoms with Gasteiger partial charge in [0.25, 0.3) is 0 Å². The number of halogens is 1. The summed E-state index contributed by atoms with van der Waals surface area (Å²) in [5.41, 5.74) is 0.580. The van der Waals surface area contributed by atoms with E-state index in [9.17, 15) is 10.1 Å². The Balaban J connectivity index is 1.26. The van der Waals surface area contributed by atoms with Gasteiger partial charge in [-0.25, -0.2) is 14.8 Å². The molecule has 1 saturated carbocycles. The molecule has 11 heteroatoms. The summed E-state index contributed by atoms with van der Waals surface area (Å²) in [6.45, 7) is 11.5. The molecule has 0 bridgehead atoms. The molecule has 0 spiro atoms. The number of pyridine rings is 2. The highest BCUT2D eigenvalue weighted by Crippen LogP contribution is 2.32. The van der Waals surface area contributed by atoms with Crippen molar-refractivity contribution in [1.82, 2.24) is 15.3 Å². The van der Waals surface area contributed by atoms with Gasteiger partial charge in [-0.3, -0.25) is 0 Å². The van der Waals surface area contributed by atoms with Gasteiger partial charge in [0.05, 0.1) is 28.8 Å². The number of carbonyl (C=O) groups excluding carboxylic acids is 1. The third kappa shape index (κ3) is 10.0. The first kappa shape index (κ1) is 33.9. The molecule has 3 N–H and O–H groups in total. The van der Waals surface area contributed by atoms with Crippen LogP contribution in [-0.2, 0) is 19.0 Å². The number of nitrogens with zero attached hydrogens (tertiary/aromatic N) is 3. The van der Waals surface area contributed by atoms with Gasteiger partial charge in [0.15, 0.2) is 6.10 Å². The van der Waals surface area contributed by atoms with Crippen LogP contribution >= 0.6 is 11.6 Å². The van der Waals surface area contributed by atoms with E-state index in [0.717, 1.165) is 42.8 Å². The summed E-state index contributed by atoms with van der Waals surface area (Å²) in [5, 5.41) is 20.9. The number of nitriles is 1. The second kappa shape index (κ2) is 15.3. The Kier molecular flexibility index (Phi) is 11.8. The van der Waals surface area contributed by atoms with Crippen molar-refractivity contribution in [2.24, 2.45) is 5.41 Å². The van der Waals surface area contributed by atoms with Gasteiger partial charge >= 0.3 is 5.97 Å². The Labute approximate surface area is 266 Å². The Bertz CT molecular complexity index is 1280. The molecule has 1 aliphatic heterocycles. The SMILES string of the molecule is CC(CO[C@H](C)C(=O)OC(C)(C)C)N[C@H]1CC[C@H](Nc2cc(-c3cccc(NCC4(C#N)CCOCC4)n3)c(Cl)cn2)CC1. The van der Waals surface area contributed by atoms with Gasteiger partial charge in [0.2, 0.25) is 0 Å². The van der Waals surface area contributed by atoms with Crippen molar-refractivity contribution in [3.05, 3.63) is 35.5 Å². The fourth-order valence-corrected chi connectivity index (χ4v) is 5.75. The van der Waals surface area contributed by atoms with Gasteiger partial charge in [-0.1, -0.05) is 17.7 Å². The van der Waals surface area contributed by atoms with E-state index >= 15 is 0 Å². The molecule has 2 atom stereocenters. The molecule has 0 amide bonds. The molecule has 44 heavy (non-hydrogen) atoms. The van der Waals surface area contributed by atoms with Crippen molar-refractivity contribution >= 4 is 29.2 Å². The Morgan fingerprint density at radius 1 is 1.16 bits per heavy atom. The molecule has 2 aromatic heterocycles. The first-order valence-electron chi connectivity index (χ1n) is 15.7. The summed E-state index contributed by atoms with van der Waals surface area (Å²) in [4.78, 5) is 21.5. The predicted octanol–water partition coefficient (Wildman–Crippen LogP) is 5.98. The van der Waals surface area contributed by atoms with Crippen LogP contribution in [0.2, 0.25) is 5.02 Å². The lowest BCUT2D eigenvalue weighted by Gasteiger charge is -2.32. The fraction of sp³-hybridized carbons (Fsp3) is 0.636. The first-order valence-corrected chi connectivity index (χ1v) is 16.1. The van der Waals surface area contributed by atoms with E-state index < -0.39 is 17.1 Å². The normalized spacial score (nSPS) is 21.5. The summed E-state index contributed by atoms with van der Waals surface area (Å²) in [7, 11) is 0.